The Bertz CT molecular complexity index is 68.6. The van der Waals surface area contributed by atoms with Crippen LogP contribution in [0.2, 0.25) is 0 Å². The summed E-state index contributed by atoms with van der Waals surface area (Å²) in [5, 5.41) is 0. The van der Waals surface area contributed by atoms with Crippen molar-refractivity contribution < 1.29 is 0 Å². The highest BCUT2D eigenvalue weighted by Crippen LogP contribution is 2.43. The molecule has 0 nitrogen and oxygen atoms in total. The van der Waals surface area contributed by atoms with E-state index in [-0.39, 0.29) is 0 Å². The van der Waals surface area contributed by atoms with E-state index in [1.807, 2.05) is 0 Å². The minimum absolute atomic E-state index is 0.932. The van der Waals surface area contributed by atoms with Crippen LogP contribution in [0.3, 0.4) is 0 Å². The second kappa shape index (κ2) is 1.92. The summed E-state index contributed by atoms with van der Waals surface area (Å²) in [4.78, 5) is 0. The fourth-order valence-electron chi connectivity index (χ4n) is 0.871. The molecule has 42 valence electrons. The van der Waals surface area contributed by atoms with E-state index in [0.717, 1.165) is 15.8 Å². The first-order valence-corrected chi connectivity index (χ1v) is 4.10. The maximum atomic E-state index is 2.53. The molecular weight excluding hydrogens is 199 g/mol. The van der Waals surface area contributed by atoms with Crippen LogP contribution in [0.15, 0.2) is 0 Å². The lowest BCUT2D eigenvalue weighted by Gasteiger charge is -1.96. The molecule has 1 heteroatoms. The molecule has 0 aromatic heterocycles. The Balaban J connectivity index is 2.20. The first-order chi connectivity index (χ1) is 3.22. The predicted octanol–water partition coefficient (Wildman–Crippen LogP) is 2.47. The quantitative estimate of drug-likeness (QED) is 0.460. The molecule has 0 aromatic carbocycles. The van der Waals surface area contributed by atoms with Crippen molar-refractivity contribution >= 4 is 22.6 Å². The van der Waals surface area contributed by atoms with Gasteiger partial charge < -0.3 is 0 Å². The zero-order chi connectivity index (χ0) is 5.44. The number of hydrogen-bond donors (Lipinski definition) is 0. The third kappa shape index (κ3) is 1.31. The number of rotatable bonds is 1. The summed E-state index contributed by atoms with van der Waals surface area (Å²) < 4.78 is 1.01. The Kier molecular flexibility index (Phi) is 1.61. The molecule has 0 heterocycles. The Hall–Kier alpha value is 0.730. The second-order valence-electron chi connectivity index (χ2n) is 2.66. The lowest BCUT2D eigenvalue weighted by molar-refractivity contribution is 0.568. The molecule has 0 radical (unpaired) electrons. The summed E-state index contributed by atoms with van der Waals surface area (Å²) in [6.07, 6.45) is 1.47. The Morgan fingerprint density at radius 2 is 2.00 bits per heavy atom. The Morgan fingerprint density at radius 3 is 2.00 bits per heavy atom. The number of hydrogen-bond acceptors (Lipinski definition) is 0. The third-order valence-electron chi connectivity index (χ3n) is 1.62. The van der Waals surface area contributed by atoms with Crippen LogP contribution in [0.25, 0.3) is 0 Å². The molecule has 0 saturated heterocycles. The summed E-state index contributed by atoms with van der Waals surface area (Å²) >= 11 is 2.53. The van der Waals surface area contributed by atoms with Crippen molar-refractivity contribution in [3.05, 3.63) is 0 Å². The molecule has 7 heavy (non-hydrogen) atoms. The van der Waals surface area contributed by atoms with E-state index in [2.05, 4.69) is 36.4 Å². The fraction of sp³-hybridized carbons (Fsp3) is 1.00. The van der Waals surface area contributed by atoms with Gasteiger partial charge in [-0.25, -0.2) is 0 Å². The molecule has 0 bridgehead atoms. The lowest BCUT2D eigenvalue weighted by Crippen LogP contribution is -1.89. The van der Waals surface area contributed by atoms with Crippen LogP contribution in [0.1, 0.15) is 20.3 Å². The van der Waals surface area contributed by atoms with Crippen LogP contribution >= 0.6 is 22.6 Å². The molecule has 1 saturated carbocycles. The summed E-state index contributed by atoms with van der Waals surface area (Å²) in [7, 11) is 0. The highest BCUT2D eigenvalue weighted by atomic mass is 127. The average Bonchev–Trinajstić information content (AvgIpc) is 2.17. The van der Waals surface area contributed by atoms with E-state index in [9.17, 15) is 0 Å². The van der Waals surface area contributed by atoms with E-state index in [0.29, 0.717) is 0 Å². The first kappa shape index (κ1) is 5.86. The van der Waals surface area contributed by atoms with E-state index in [1.54, 1.807) is 0 Å². The van der Waals surface area contributed by atoms with Gasteiger partial charge in [-0.1, -0.05) is 36.4 Å². The van der Waals surface area contributed by atoms with Crippen LogP contribution in [-0.2, 0) is 0 Å². The summed E-state index contributed by atoms with van der Waals surface area (Å²) in [6.45, 7) is 4.62. The maximum Gasteiger partial charge on any atom is 0.0144 e. The van der Waals surface area contributed by atoms with Gasteiger partial charge in [-0.3, -0.25) is 0 Å². The van der Waals surface area contributed by atoms with Crippen molar-refractivity contribution in [1.29, 1.82) is 0 Å². The van der Waals surface area contributed by atoms with Crippen LogP contribution in [-0.4, -0.2) is 3.92 Å². The monoisotopic (exact) mass is 210 g/mol. The van der Waals surface area contributed by atoms with Crippen molar-refractivity contribution in [1.82, 2.24) is 0 Å². The molecule has 1 aliphatic carbocycles. The van der Waals surface area contributed by atoms with E-state index >= 15 is 0 Å². The standard InChI is InChI=1S/C6H11I/c1-4(2)5-3-6(5)7/h4-6H,3H2,1-2H3. The van der Waals surface area contributed by atoms with Crippen LogP contribution < -0.4 is 0 Å². The minimum Gasteiger partial charge on any atom is -0.0823 e. The van der Waals surface area contributed by atoms with Gasteiger partial charge in [0.25, 0.3) is 0 Å². The maximum absolute atomic E-state index is 2.53. The first-order valence-electron chi connectivity index (χ1n) is 2.86. The van der Waals surface area contributed by atoms with Crippen molar-refractivity contribution in [3.63, 3.8) is 0 Å². The summed E-state index contributed by atoms with van der Waals surface area (Å²) in [6, 6.07) is 0. The van der Waals surface area contributed by atoms with Gasteiger partial charge in [-0.2, -0.15) is 0 Å². The largest absolute Gasteiger partial charge is 0.0823 e. The van der Waals surface area contributed by atoms with Gasteiger partial charge in [-0.05, 0) is 18.3 Å². The summed E-state index contributed by atoms with van der Waals surface area (Å²) in [5.74, 6) is 1.99. The number of halogens is 1. The normalized spacial score (nSPS) is 39.4. The molecule has 1 aliphatic rings. The lowest BCUT2D eigenvalue weighted by atomic mass is 10.1. The third-order valence-corrected chi connectivity index (χ3v) is 3.05. The van der Waals surface area contributed by atoms with E-state index in [4.69, 9.17) is 0 Å². The van der Waals surface area contributed by atoms with Gasteiger partial charge in [0.15, 0.2) is 0 Å². The zero-order valence-corrected chi connectivity index (χ0v) is 6.97. The van der Waals surface area contributed by atoms with E-state index in [1.165, 1.54) is 6.42 Å². The predicted molar refractivity (Wildman–Crippen MR) is 40.8 cm³/mol. The van der Waals surface area contributed by atoms with Gasteiger partial charge in [0.05, 0.1) is 0 Å². The van der Waals surface area contributed by atoms with Crippen molar-refractivity contribution in [2.75, 3.05) is 0 Å². The molecule has 1 rings (SSSR count). The van der Waals surface area contributed by atoms with Gasteiger partial charge in [0.2, 0.25) is 0 Å². The topological polar surface area (TPSA) is 0 Å². The smallest absolute Gasteiger partial charge is 0.0144 e. The van der Waals surface area contributed by atoms with Crippen molar-refractivity contribution in [2.45, 2.75) is 24.2 Å². The number of alkyl halides is 1. The molecule has 0 N–H and O–H groups in total. The molecule has 0 amide bonds. The minimum atomic E-state index is 0.932. The molecular formula is C6H11I. The molecule has 1 fully saturated rings. The molecule has 0 spiro atoms. The Morgan fingerprint density at radius 1 is 1.57 bits per heavy atom. The molecule has 0 aliphatic heterocycles. The zero-order valence-electron chi connectivity index (χ0n) is 4.82. The highest BCUT2D eigenvalue weighted by Gasteiger charge is 2.36. The fourth-order valence-corrected chi connectivity index (χ4v) is 2.29. The van der Waals surface area contributed by atoms with Gasteiger partial charge in [-0.15, -0.1) is 0 Å². The van der Waals surface area contributed by atoms with Gasteiger partial charge in [0.1, 0.15) is 0 Å². The van der Waals surface area contributed by atoms with E-state index < -0.39 is 0 Å². The van der Waals surface area contributed by atoms with Gasteiger partial charge >= 0.3 is 0 Å². The second-order valence-corrected chi connectivity index (χ2v) is 4.26. The van der Waals surface area contributed by atoms with Crippen molar-refractivity contribution in [3.8, 4) is 0 Å². The average molecular weight is 210 g/mol. The van der Waals surface area contributed by atoms with Gasteiger partial charge in [0, 0.05) is 3.92 Å². The highest BCUT2D eigenvalue weighted by molar-refractivity contribution is 14.1. The molecule has 0 aromatic rings. The van der Waals surface area contributed by atoms with Crippen molar-refractivity contribution in [2.24, 2.45) is 11.8 Å². The van der Waals surface area contributed by atoms with Crippen LogP contribution in [0.4, 0.5) is 0 Å². The molecule has 2 unspecified atom stereocenters. The van der Waals surface area contributed by atoms with Crippen LogP contribution in [0.5, 0.6) is 0 Å². The SMILES string of the molecule is CC(C)C1CC1I. The molecule has 2 atom stereocenters. The summed E-state index contributed by atoms with van der Waals surface area (Å²) in [5.41, 5.74) is 0. The van der Waals surface area contributed by atoms with Crippen LogP contribution in [0, 0.1) is 11.8 Å². The Labute approximate surface area is 58.8 Å².